The van der Waals surface area contributed by atoms with Crippen LogP contribution >= 0.6 is 11.3 Å². The summed E-state index contributed by atoms with van der Waals surface area (Å²) in [5.74, 6) is 0.523. The SMILES string of the molecule is O=C(NCc1nc(-c2ccccc2)no1)c1csc(Nc2ccccc2)n1. The minimum Gasteiger partial charge on any atom is -0.342 e. The zero-order valence-corrected chi connectivity index (χ0v) is 14.9. The van der Waals surface area contributed by atoms with Crippen LogP contribution in [0.15, 0.2) is 70.6 Å². The lowest BCUT2D eigenvalue weighted by atomic mass is 10.2. The Bertz CT molecular complexity index is 1030. The Labute approximate surface area is 159 Å². The van der Waals surface area contributed by atoms with E-state index in [4.69, 9.17) is 4.52 Å². The quantitative estimate of drug-likeness (QED) is 0.530. The lowest BCUT2D eigenvalue weighted by Gasteiger charge is -2.01. The number of nitrogens with zero attached hydrogens (tertiary/aromatic N) is 3. The molecular weight excluding hydrogens is 362 g/mol. The van der Waals surface area contributed by atoms with Crippen LogP contribution in [0.4, 0.5) is 10.8 Å². The maximum Gasteiger partial charge on any atom is 0.271 e. The van der Waals surface area contributed by atoms with Gasteiger partial charge in [-0.25, -0.2) is 4.98 Å². The van der Waals surface area contributed by atoms with Gasteiger partial charge in [-0.05, 0) is 12.1 Å². The van der Waals surface area contributed by atoms with Gasteiger partial charge in [-0.15, -0.1) is 11.3 Å². The molecule has 4 aromatic rings. The number of nitrogens with one attached hydrogen (secondary N) is 2. The molecular formula is C19H15N5O2S. The summed E-state index contributed by atoms with van der Waals surface area (Å²) in [6, 6.07) is 19.2. The summed E-state index contributed by atoms with van der Waals surface area (Å²) >= 11 is 1.36. The number of amides is 1. The summed E-state index contributed by atoms with van der Waals surface area (Å²) in [6.45, 7) is 0.137. The molecule has 0 aliphatic heterocycles. The standard InChI is InChI=1S/C19H15N5O2S/c25-18(15-12-27-19(22-15)21-14-9-5-2-6-10-14)20-11-16-23-17(24-26-16)13-7-3-1-4-8-13/h1-10,12H,11H2,(H,20,25)(H,21,22). The number of carbonyl (C=O) groups excluding carboxylic acids is 1. The Kier molecular flexibility index (Phi) is 4.88. The van der Waals surface area contributed by atoms with E-state index in [2.05, 4.69) is 25.8 Å². The first-order chi connectivity index (χ1) is 13.3. The number of hydrogen-bond acceptors (Lipinski definition) is 7. The normalized spacial score (nSPS) is 10.5. The highest BCUT2D eigenvalue weighted by molar-refractivity contribution is 7.14. The third-order valence-corrected chi connectivity index (χ3v) is 4.42. The van der Waals surface area contributed by atoms with Gasteiger partial charge in [0, 0.05) is 16.6 Å². The monoisotopic (exact) mass is 377 g/mol. The molecule has 1 amide bonds. The Morgan fingerprint density at radius 2 is 1.74 bits per heavy atom. The van der Waals surface area contributed by atoms with Crippen LogP contribution in [-0.2, 0) is 6.54 Å². The predicted octanol–water partition coefficient (Wildman–Crippen LogP) is 3.87. The molecule has 0 spiro atoms. The van der Waals surface area contributed by atoms with Crippen molar-refractivity contribution in [1.82, 2.24) is 20.4 Å². The fourth-order valence-electron chi connectivity index (χ4n) is 2.36. The Balaban J connectivity index is 1.35. The molecule has 0 saturated heterocycles. The first kappa shape index (κ1) is 16.9. The van der Waals surface area contributed by atoms with Gasteiger partial charge in [0.1, 0.15) is 5.69 Å². The highest BCUT2D eigenvalue weighted by Gasteiger charge is 2.13. The molecule has 2 aromatic carbocycles. The van der Waals surface area contributed by atoms with Gasteiger partial charge in [-0.1, -0.05) is 53.7 Å². The highest BCUT2D eigenvalue weighted by atomic mass is 32.1. The molecule has 2 heterocycles. The zero-order chi connectivity index (χ0) is 18.5. The summed E-state index contributed by atoms with van der Waals surface area (Å²) in [7, 11) is 0. The lowest BCUT2D eigenvalue weighted by Crippen LogP contribution is -2.23. The number of para-hydroxylation sites is 1. The third-order valence-electron chi connectivity index (χ3n) is 3.66. The first-order valence-electron chi connectivity index (χ1n) is 8.22. The molecule has 2 N–H and O–H groups in total. The summed E-state index contributed by atoms with van der Waals surface area (Å²) in [5.41, 5.74) is 2.11. The van der Waals surface area contributed by atoms with Crippen LogP contribution in [0.3, 0.4) is 0 Å². The minimum absolute atomic E-state index is 0.137. The molecule has 0 atom stereocenters. The molecule has 4 rings (SSSR count). The maximum atomic E-state index is 12.3. The number of carbonyl (C=O) groups is 1. The molecule has 0 aliphatic carbocycles. The van der Waals surface area contributed by atoms with Gasteiger partial charge in [-0.3, -0.25) is 4.79 Å². The van der Waals surface area contributed by atoms with Gasteiger partial charge < -0.3 is 15.2 Å². The largest absolute Gasteiger partial charge is 0.342 e. The van der Waals surface area contributed by atoms with Gasteiger partial charge in [0.15, 0.2) is 5.13 Å². The van der Waals surface area contributed by atoms with Crippen molar-refractivity contribution in [2.75, 3.05) is 5.32 Å². The van der Waals surface area contributed by atoms with Crippen LogP contribution in [0.2, 0.25) is 0 Å². The molecule has 2 aromatic heterocycles. The van der Waals surface area contributed by atoms with Crippen molar-refractivity contribution in [3.63, 3.8) is 0 Å². The van der Waals surface area contributed by atoms with E-state index in [1.807, 2.05) is 60.7 Å². The van der Waals surface area contributed by atoms with E-state index in [1.54, 1.807) is 5.38 Å². The average molecular weight is 377 g/mol. The molecule has 7 nitrogen and oxygen atoms in total. The lowest BCUT2D eigenvalue weighted by molar-refractivity contribution is 0.0942. The molecule has 134 valence electrons. The fourth-order valence-corrected chi connectivity index (χ4v) is 3.07. The van der Waals surface area contributed by atoms with Crippen LogP contribution in [-0.4, -0.2) is 21.0 Å². The number of aromatic nitrogens is 3. The van der Waals surface area contributed by atoms with Crippen molar-refractivity contribution in [2.45, 2.75) is 6.54 Å². The second-order valence-electron chi connectivity index (χ2n) is 5.59. The van der Waals surface area contributed by atoms with Crippen LogP contribution < -0.4 is 10.6 Å². The van der Waals surface area contributed by atoms with E-state index >= 15 is 0 Å². The number of benzene rings is 2. The number of thiazole rings is 1. The molecule has 0 aliphatic rings. The second-order valence-corrected chi connectivity index (χ2v) is 6.45. The summed E-state index contributed by atoms with van der Waals surface area (Å²) in [5, 5.41) is 12.2. The molecule has 0 unspecified atom stereocenters. The van der Waals surface area contributed by atoms with Gasteiger partial charge in [0.2, 0.25) is 11.7 Å². The molecule has 0 fully saturated rings. The smallest absolute Gasteiger partial charge is 0.271 e. The van der Waals surface area contributed by atoms with Gasteiger partial charge >= 0.3 is 0 Å². The number of hydrogen-bond donors (Lipinski definition) is 2. The maximum absolute atomic E-state index is 12.3. The van der Waals surface area contributed by atoms with E-state index in [1.165, 1.54) is 11.3 Å². The van der Waals surface area contributed by atoms with Gasteiger partial charge in [-0.2, -0.15) is 4.98 Å². The van der Waals surface area contributed by atoms with E-state index in [-0.39, 0.29) is 12.5 Å². The zero-order valence-electron chi connectivity index (χ0n) is 14.1. The predicted molar refractivity (Wildman–Crippen MR) is 103 cm³/mol. The Hall–Kier alpha value is -3.52. The van der Waals surface area contributed by atoms with E-state index < -0.39 is 0 Å². The molecule has 27 heavy (non-hydrogen) atoms. The van der Waals surface area contributed by atoms with Crippen molar-refractivity contribution in [1.29, 1.82) is 0 Å². The van der Waals surface area contributed by atoms with E-state index in [0.29, 0.717) is 22.5 Å². The van der Waals surface area contributed by atoms with Crippen molar-refractivity contribution in [3.8, 4) is 11.4 Å². The van der Waals surface area contributed by atoms with Crippen molar-refractivity contribution in [3.05, 3.63) is 77.6 Å². The second kappa shape index (κ2) is 7.79. The van der Waals surface area contributed by atoms with Crippen molar-refractivity contribution >= 4 is 28.1 Å². The van der Waals surface area contributed by atoms with Crippen LogP contribution in [0.1, 0.15) is 16.4 Å². The van der Waals surface area contributed by atoms with Crippen molar-refractivity contribution in [2.24, 2.45) is 0 Å². The average Bonchev–Trinajstić information content (AvgIpc) is 3.37. The minimum atomic E-state index is -0.299. The Morgan fingerprint density at radius 3 is 2.52 bits per heavy atom. The van der Waals surface area contributed by atoms with Gasteiger partial charge in [0.25, 0.3) is 5.91 Å². The van der Waals surface area contributed by atoms with Crippen LogP contribution in [0.5, 0.6) is 0 Å². The topological polar surface area (TPSA) is 92.9 Å². The van der Waals surface area contributed by atoms with Crippen LogP contribution in [0, 0.1) is 0 Å². The summed E-state index contributed by atoms with van der Waals surface area (Å²) in [6.07, 6.45) is 0. The van der Waals surface area contributed by atoms with Crippen molar-refractivity contribution < 1.29 is 9.32 Å². The molecule has 0 radical (unpaired) electrons. The molecule has 0 saturated carbocycles. The van der Waals surface area contributed by atoms with E-state index in [9.17, 15) is 4.79 Å². The Morgan fingerprint density at radius 1 is 1.00 bits per heavy atom. The number of anilines is 2. The molecule has 0 bridgehead atoms. The van der Waals surface area contributed by atoms with Gasteiger partial charge in [0.05, 0.1) is 6.54 Å². The van der Waals surface area contributed by atoms with E-state index in [0.717, 1.165) is 11.3 Å². The highest BCUT2D eigenvalue weighted by Crippen LogP contribution is 2.20. The number of rotatable bonds is 6. The first-order valence-corrected chi connectivity index (χ1v) is 9.10. The summed E-state index contributed by atoms with van der Waals surface area (Å²) < 4.78 is 5.18. The van der Waals surface area contributed by atoms with Crippen LogP contribution in [0.25, 0.3) is 11.4 Å². The summed E-state index contributed by atoms with van der Waals surface area (Å²) in [4.78, 5) is 20.9. The molecule has 8 heteroatoms. The fraction of sp³-hybridized carbons (Fsp3) is 0.0526. The third kappa shape index (κ3) is 4.18.